The second-order valence-corrected chi connectivity index (χ2v) is 5.87. The number of hydrogen-bond donors (Lipinski definition) is 2. The van der Waals surface area contributed by atoms with Crippen LogP contribution in [0.25, 0.3) is 0 Å². The van der Waals surface area contributed by atoms with Crippen molar-refractivity contribution in [1.82, 2.24) is 15.4 Å². The summed E-state index contributed by atoms with van der Waals surface area (Å²) in [6.07, 6.45) is 6.73. The third-order valence-corrected chi connectivity index (χ3v) is 4.53. The van der Waals surface area contributed by atoms with E-state index < -0.39 is 12.1 Å². The second-order valence-electron chi connectivity index (χ2n) is 5.87. The Hall–Kier alpha value is -1.34. The zero-order valence-corrected chi connectivity index (χ0v) is 11.5. The van der Waals surface area contributed by atoms with Gasteiger partial charge < -0.3 is 4.90 Å². The van der Waals surface area contributed by atoms with Gasteiger partial charge in [0.25, 0.3) is 5.91 Å². The van der Waals surface area contributed by atoms with Crippen LogP contribution >= 0.6 is 0 Å². The smallest absolute Gasteiger partial charge is 0.309 e. The molecule has 3 fully saturated rings. The van der Waals surface area contributed by atoms with Crippen molar-refractivity contribution < 1.29 is 19.6 Å². The molecule has 112 valence electrons. The molecule has 0 aromatic carbocycles. The summed E-state index contributed by atoms with van der Waals surface area (Å²) in [6, 6.07) is -1.18. The van der Waals surface area contributed by atoms with E-state index in [1.54, 1.807) is 0 Å². The summed E-state index contributed by atoms with van der Waals surface area (Å²) in [5.74, 6) is -0.280. The van der Waals surface area contributed by atoms with Crippen molar-refractivity contribution in [3.05, 3.63) is 0 Å². The van der Waals surface area contributed by atoms with Crippen molar-refractivity contribution in [2.24, 2.45) is 0 Å². The largest absolute Gasteiger partial charge is 0.344 e. The summed E-state index contributed by atoms with van der Waals surface area (Å²) in [6.45, 7) is 0.414. The van der Waals surface area contributed by atoms with E-state index in [4.69, 9.17) is 4.84 Å². The van der Waals surface area contributed by atoms with E-state index in [0.29, 0.717) is 19.4 Å². The first-order chi connectivity index (χ1) is 9.66. The number of hydrogen-bond acceptors (Lipinski definition) is 4. The fourth-order valence-corrected chi connectivity index (χ4v) is 3.32. The van der Waals surface area contributed by atoms with Gasteiger partial charge in [-0.15, -0.1) is 0 Å². The Bertz CT molecular complexity index is 397. The monoisotopic (exact) mass is 283 g/mol. The summed E-state index contributed by atoms with van der Waals surface area (Å²) < 4.78 is 0. The molecule has 0 spiro atoms. The summed E-state index contributed by atoms with van der Waals surface area (Å²) in [7, 11) is 0. The van der Waals surface area contributed by atoms with Crippen LogP contribution in [0.2, 0.25) is 0 Å². The van der Waals surface area contributed by atoms with Gasteiger partial charge in [-0.25, -0.2) is 15.3 Å². The Labute approximate surface area is 117 Å². The Balaban J connectivity index is 1.53. The molecule has 2 aliphatic heterocycles. The fourth-order valence-electron chi connectivity index (χ4n) is 3.32. The zero-order valence-electron chi connectivity index (χ0n) is 11.5. The fraction of sp³-hybridized carbons (Fsp3) is 0.846. The van der Waals surface area contributed by atoms with Crippen molar-refractivity contribution in [3.63, 3.8) is 0 Å². The van der Waals surface area contributed by atoms with Crippen LogP contribution in [0.15, 0.2) is 0 Å². The highest BCUT2D eigenvalue weighted by molar-refractivity contribution is 5.87. The Morgan fingerprint density at radius 2 is 1.95 bits per heavy atom. The van der Waals surface area contributed by atoms with Crippen LogP contribution in [0, 0.1) is 0 Å². The number of carbonyl (C=O) groups is 2. The van der Waals surface area contributed by atoms with Gasteiger partial charge in [0, 0.05) is 6.54 Å². The number of fused-ring (bicyclic) bond motifs is 2. The van der Waals surface area contributed by atoms with Gasteiger partial charge in [0.1, 0.15) is 6.04 Å². The molecule has 2 heterocycles. The molecule has 7 heteroatoms. The first-order valence-corrected chi connectivity index (χ1v) is 7.41. The van der Waals surface area contributed by atoms with Gasteiger partial charge in [0.05, 0.1) is 12.1 Å². The molecule has 0 aromatic rings. The Morgan fingerprint density at radius 3 is 2.70 bits per heavy atom. The van der Waals surface area contributed by atoms with Crippen LogP contribution in [0.4, 0.5) is 4.79 Å². The topological polar surface area (TPSA) is 82.1 Å². The quantitative estimate of drug-likeness (QED) is 0.598. The molecule has 3 amide bonds. The molecule has 3 rings (SSSR count). The predicted molar refractivity (Wildman–Crippen MR) is 68.6 cm³/mol. The molecule has 2 atom stereocenters. The number of nitrogens with zero attached hydrogens (tertiary/aromatic N) is 2. The molecule has 2 saturated heterocycles. The van der Waals surface area contributed by atoms with Crippen LogP contribution < -0.4 is 5.48 Å². The number of urea groups is 1. The number of amides is 3. The summed E-state index contributed by atoms with van der Waals surface area (Å²) in [5.41, 5.74) is 2.51. The third-order valence-electron chi connectivity index (χ3n) is 4.53. The normalized spacial score (nSPS) is 30.8. The van der Waals surface area contributed by atoms with Crippen molar-refractivity contribution in [2.75, 3.05) is 6.54 Å². The summed E-state index contributed by atoms with van der Waals surface area (Å²) >= 11 is 0. The minimum absolute atomic E-state index is 0.0904. The van der Waals surface area contributed by atoms with Crippen LogP contribution in [0.1, 0.15) is 44.9 Å². The molecule has 0 unspecified atom stereocenters. The molecule has 2 bridgehead atoms. The van der Waals surface area contributed by atoms with E-state index in [-0.39, 0.29) is 18.1 Å². The van der Waals surface area contributed by atoms with Crippen molar-refractivity contribution in [3.8, 4) is 0 Å². The maximum atomic E-state index is 12.2. The van der Waals surface area contributed by atoms with Gasteiger partial charge in [-0.3, -0.25) is 14.8 Å². The molecule has 0 aromatic heterocycles. The second kappa shape index (κ2) is 5.57. The van der Waals surface area contributed by atoms with E-state index in [1.165, 1.54) is 11.3 Å². The number of nitrogens with one attached hydrogen (secondary N) is 1. The number of piperidine rings is 1. The number of carbonyl (C=O) groups excluding carboxylic acids is 2. The highest BCUT2D eigenvalue weighted by atomic mass is 16.7. The van der Waals surface area contributed by atoms with Crippen molar-refractivity contribution in [2.45, 2.75) is 63.1 Å². The Kier molecular flexibility index (Phi) is 3.80. The molecule has 0 radical (unpaired) electrons. The molecule has 3 aliphatic rings. The van der Waals surface area contributed by atoms with E-state index in [2.05, 4.69) is 5.48 Å². The van der Waals surface area contributed by atoms with Gasteiger partial charge in [-0.2, -0.15) is 0 Å². The van der Waals surface area contributed by atoms with Crippen LogP contribution in [0.5, 0.6) is 0 Å². The molecule has 20 heavy (non-hydrogen) atoms. The van der Waals surface area contributed by atoms with E-state index in [9.17, 15) is 14.8 Å². The van der Waals surface area contributed by atoms with Crippen molar-refractivity contribution >= 4 is 11.9 Å². The molecular formula is C13H21N3O4. The minimum Gasteiger partial charge on any atom is -0.309 e. The number of rotatable bonds is 3. The highest BCUT2D eigenvalue weighted by Gasteiger charge is 2.46. The third kappa shape index (κ3) is 2.47. The average Bonchev–Trinajstić information content (AvgIpc) is 2.71. The van der Waals surface area contributed by atoms with Gasteiger partial charge in [-0.05, 0) is 25.7 Å². The summed E-state index contributed by atoms with van der Waals surface area (Å²) in [4.78, 5) is 30.8. The first kappa shape index (κ1) is 13.6. The maximum absolute atomic E-state index is 12.2. The first-order valence-electron chi connectivity index (χ1n) is 7.41. The van der Waals surface area contributed by atoms with Crippen LogP contribution in [-0.2, 0) is 9.63 Å². The van der Waals surface area contributed by atoms with Gasteiger partial charge in [0.15, 0.2) is 0 Å². The minimum atomic E-state index is -0.528. The Morgan fingerprint density at radius 1 is 1.20 bits per heavy atom. The standard InChI is InChI=1S/C13H21N3O4/c17-12(14-20-10-4-2-1-3-5-10)11-7-6-9-8-15(11)13(18)16(9)19/h9-11,19H,1-8H2,(H,14,17)/t9-,11+/m1/s1. The van der Waals surface area contributed by atoms with Crippen molar-refractivity contribution in [1.29, 1.82) is 0 Å². The van der Waals surface area contributed by atoms with E-state index in [0.717, 1.165) is 30.7 Å². The van der Waals surface area contributed by atoms with E-state index in [1.807, 2.05) is 0 Å². The average molecular weight is 283 g/mol. The van der Waals surface area contributed by atoms with Crippen LogP contribution in [0.3, 0.4) is 0 Å². The molecule has 1 saturated carbocycles. The summed E-state index contributed by atoms with van der Waals surface area (Å²) in [5, 5.41) is 10.3. The molecule has 1 aliphatic carbocycles. The van der Waals surface area contributed by atoms with Gasteiger partial charge in [-0.1, -0.05) is 19.3 Å². The van der Waals surface area contributed by atoms with E-state index >= 15 is 0 Å². The lowest BCUT2D eigenvalue weighted by Crippen LogP contribution is -2.50. The predicted octanol–water partition coefficient (Wildman–Crippen LogP) is 1.02. The molecular weight excluding hydrogens is 262 g/mol. The highest BCUT2D eigenvalue weighted by Crippen LogP contribution is 2.28. The zero-order chi connectivity index (χ0) is 14.1. The maximum Gasteiger partial charge on any atom is 0.344 e. The molecule has 7 nitrogen and oxygen atoms in total. The van der Waals surface area contributed by atoms with Crippen LogP contribution in [-0.4, -0.2) is 51.8 Å². The lowest BCUT2D eigenvalue weighted by Gasteiger charge is -2.30. The number of hydroxylamine groups is 3. The SMILES string of the molecule is O=C(NOC1CCCCC1)[C@@H]1CC[C@@H]2CN1C(=O)N2O. The van der Waals surface area contributed by atoms with Gasteiger partial charge in [0.2, 0.25) is 0 Å². The molecule has 2 N–H and O–H groups in total. The van der Waals surface area contributed by atoms with Gasteiger partial charge >= 0.3 is 6.03 Å². The lowest BCUT2D eigenvalue weighted by molar-refractivity contribution is -0.145. The lowest BCUT2D eigenvalue weighted by atomic mass is 9.98.